The maximum absolute atomic E-state index is 13.0. The quantitative estimate of drug-likeness (QED) is 0.686. The number of carbonyl (C=O) groups is 2. The van der Waals surface area contributed by atoms with Gasteiger partial charge in [-0.1, -0.05) is 0 Å². The molecule has 1 N–H and O–H groups in total. The molecule has 0 aromatic heterocycles. The summed E-state index contributed by atoms with van der Waals surface area (Å²) in [5.41, 5.74) is -1.43. The Kier molecular flexibility index (Phi) is 4.55. The van der Waals surface area contributed by atoms with Gasteiger partial charge in [0.2, 0.25) is 0 Å². The number of carboxylic acids is 1. The van der Waals surface area contributed by atoms with E-state index in [9.17, 15) is 31.5 Å². The smallest absolute Gasteiger partial charge is 0.416 e. The lowest BCUT2D eigenvalue weighted by Crippen LogP contribution is -2.42. The SMILES string of the molecule is CC(OC(=O)c1ccc(C(F)(F)F)cc1)C(F)(F)C(=O)O. The number of halogens is 5. The highest BCUT2D eigenvalue weighted by molar-refractivity contribution is 5.90. The maximum Gasteiger partial charge on any atom is 0.416 e. The van der Waals surface area contributed by atoms with Gasteiger partial charge in [-0.05, 0) is 31.2 Å². The molecule has 0 fully saturated rings. The van der Waals surface area contributed by atoms with Crippen molar-refractivity contribution < 1.29 is 41.4 Å². The molecular formula is C12H9F5O4. The highest BCUT2D eigenvalue weighted by atomic mass is 19.4. The van der Waals surface area contributed by atoms with Gasteiger partial charge in [-0.3, -0.25) is 0 Å². The Labute approximate surface area is 115 Å². The molecule has 0 amide bonds. The van der Waals surface area contributed by atoms with E-state index >= 15 is 0 Å². The first kappa shape index (κ1) is 16.9. The van der Waals surface area contributed by atoms with Gasteiger partial charge in [0.15, 0.2) is 6.10 Å². The summed E-state index contributed by atoms with van der Waals surface area (Å²) in [5, 5.41) is 8.25. The second-order valence-corrected chi connectivity index (χ2v) is 4.05. The first-order chi connectivity index (χ1) is 9.46. The molecule has 0 heterocycles. The van der Waals surface area contributed by atoms with Crippen LogP contribution in [-0.2, 0) is 15.7 Å². The molecule has 21 heavy (non-hydrogen) atoms. The summed E-state index contributed by atoms with van der Waals surface area (Å²) in [6.07, 6.45) is -6.88. The molecule has 1 atom stereocenters. The van der Waals surface area contributed by atoms with Crippen LogP contribution in [0.4, 0.5) is 22.0 Å². The lowest BCUT2D eigenvalue weighted by atomic mass is 10.1. The molecule has 0 aliphatic carbocycles. The zero-order valence-electron chi connectivity index (χ0n) is 10.4. The molecule has 1 rings (SSSR count). The standard InChI is InChI=1S/C12H9F5O4/c1-6(11(13,14)10(19)20)21-9(18)7-2-4-8(5-3-7)12(15,16)17/h2-6H,1H3,(H,19,20). The van der Waals surface area contributed by atoms with Gasteiger partial charge in [0.25, 0.3) is 0 Å². The Morgan fingerprint density at radius 3 is 1.95 bits per heavy atom. The Morgan fingerprint density at radius 2 is 1.57 bits per heavy atom. The topological polar surface area (TPSA) is 63.6 Å². The highest BCUT2D eigenvalue weighted by Gasteiger charge is 2.47. The number of rotatable bonds is 4. The predicted octanol–water partition coefficient (Wildman–Crippen LogP) is 2.97. The third-order valence-electron chi connectivity index (χ3n) is 2.53. The van der Waals surface area contributed by atoms with Crippen LogP contribution < -0.4 is 0 Å². The van der Waals surface area contributed by atoms with Gasteiger partial charge in [-0.25, -0.2) is 9.59 Å². The molecule has 1 aromatic rings. The van der Waals surface area contributed by atoms with Gasteiger partial charge in [-0.15, -0.1) is 0 Å². The van der Waals surface area contributed by atoms with Crippen LogP contribution in [0, 0.1) is 0 Å². The van der Waals surface area contributed by atoms with Crippen molar-refractivity contribution in [1.29, 1.82) is 0 Å². The molecule has 0 spiro atoms. The molecule has 0 bridgehead atoms. The van der Waals surface area contributed by atoms with Crippen molar-refractivity contribution in [2.45, 2.75) is 25.1 Å². The van der Waals surface area contributed by atoms with Crippen molar-refractivity contribution in [3.8, 4) is 0 Å². The Hall–Kier alpha value is -2.19. The van der Waals surface area contributed by atoms with E-state index in [0.29, 0.717) is 19.1 Å². The lowest BCUT2D eigenvalue weighted by Gasteiger charge is -2.19. The van der Waals surface area contributed by atoms with Crippen molar-refractivity contribution in [2.24, 2.45) is 0 Å². The van der Waals surface area contributed by atoms with Crippen LogP contribution in [0.1, 0.15) is 22.8 Å². The van der Waals surface area contributed by atoms with Crippen molar-refractivity contribution in [1.82, 2.24) is 0 Å². The van der Waals surface area contributed by atoms with Gasteiger partial charge < -0.3 is 9.84 Å². The average molecular weight is 312 g/mol. The second-order valence-electron chi connectivity index (χ2n) is 4.05. The molecule has 0 aliphatic heterocycles. The number of carboxylic acid groups (broad SMARTS) is 1. The van der Waals surface area contributed by atoms with Gasteiger partial charge in [0.05, 0.1) is 11.1 Å². The van der Waals surface area contributed by atoms with Gasteiger partial charge in [0, 0.05) is 0 Å². The molecule has 0 saturated carbocycles. The minimum atomic E-state index is -4.61. The lowest BCUT2D eigenvalue weighted by molar-refractivity contribution is -0.180. The molecule has 4 nitrogen and oxygen atoms in total. The first-order valence-corrected chi connectivity index (χ1v) is 5.45. The molecule has 1 unspecified atom stereocenters. The summed E-state index contributed by atoms with van der Waals surface area (Å²) in [7, 11) is 0. The van der Waals surface area contributed by atoms with E-state index in [4.69, 9.17) is 5.11 Å². The third kappa shape index (κ3) is 3.89. The van der Waals surface area contributed by atoms with Crippen molar-refractivity contribution in [3.05, 3.63) is 35.4 Å². The fraction of sp³-hybridized carbons (Fsp3) is 0.333. The molecule has 9 heteroatoms. The van der Waals surface area contributed by atoms with Crippen LogP contribution in [0.2, 0.25) is 0 Å². The van der Waals surface area contributed by atoms with E-state index in [1.165, 1.54) is 0 Å². The first-order valence-electron chi connectivity index (χ1n) is 5.45. The largest absolute Gasteiger partial charge is 0.477 e. The maximum atomic E-state index is 13.0. The van der Waals surface area contributed by atoms with E-state index in [1.54, 1.807) is 0 Å². The summed E-state index contributed by atoms with van der Waals surface area (Å²) in [4.78, 5) is 21.7. The average Bonchev–Trinajstić information content (AvgIpc) is 2.37. The summed E-state index contributed by atoms with van der Waals surface area (Å²) < 4.78 is 67.1. The van der Waals surface area contributed by atoms with Gasteiger partial charge >= 0.3 is 24.0 Å². The Bertz CT molecular complexity index is 536. The molecular weight excluding hydrogens is 303 g/mol. The van der Waals surface area contributed by atoms with Crippen LogP contribution in [0.3, 0.4) is 0 Å². The fourth-order valence-corrected chi connectivity index (χ4v) is 1.27. The molecule has 0 aliphatic rings. The summed E-state index contributed by atoms with van der Waals surface area (Å²) in [6.45, 7) is 0.663. The third-order valence-corrected chi connectivity index (χ3v) is 2.53. The number of hydrogen-bond acceptors (Lipinski definition) is 3. The zero-order valence-corrected chi connectivity index (χ0v) is 10.4. The van der Waals surface area contributed by atoms with Gasteiger partial charge in [-0.2, -0.15) is 22.0 Å². The van der Waals surface area contributed by atoms with Crippen LogP contribution in [-0.4, -0.2) is 29.1 Å². The number of aliphatic carboxylic acids is 1. The number of carbonyl (C=O) groups excluding carboxylic acids is 1. The number of ether oxygens (including phenoxy) is 1. The predicted molar refractivity (Wildman–Crippen MR) is 58.9 cm³/mol. The zero-order chi connectivity index (χ0) is 16.4. The monoisotopic (exact) mass is 312 g/mol. The second kappa shape index (κ2) is 5.66. The number of benzene rings is 1. The van der Waals surface area contributed by atoms with E-state index in [-0.39, 0.29) is 0 Å². The summed E-state index contributed by atoms with van der Waals surface area (Å²) in [5.74, 6) is -8.13. The minimum absolute atomic E-state index is 0.406. The van der Waals surface area contributed by atoms with Crippen molar-refractivity contribution >= 4 is 11.9 Å². The number of esters is 1. The summed E-state index contributed by atoms with van der Waals surface area (Å²) in [6, 6.07) is 2.65. The summed E-state index contributed by atoms with van der Waals surface area (Å²) >= 11 is 0. The van der Waals surface area contributed by atoms with Crippen LogP contribution in [0.15, 0.2) is 24.3 Å². The van der Waals surface area contributed by atoms with Crippen LogP contribution in [0.25, 0.3) is 0 Å². The van der Waals surface area contributed by atoms with E-state index in [0.717, 1.165) is 12.1 Å². The van der Waals surface area contributed by atoms with E-state index < -0.39 is 41.3 Å². The van der Waals surface area contributed by atoms with Crippen LogP contribution in [0.5, 0.6) is 0 Å². The fourth-order valence-electron chi connectivity index (χ4n) is 1.27. The Balaban J connectivity index is 2.84. The molecule has 116 valence electrons. The molecule has 0 saturated heterocycles. The highest BCUT2D eigenvalue weighted by Crippen LogP contribution is 2.29. The Morgan fingerprint density at radius 1 is 1.10 bits per heavy atom. The van der Waals surface area contributed by atoms with E-state index in [2.05, 4.69) is 4.74 Å². The van der Waals surface area contributed by atoms with Crippen molar-refractivity contribution in [2.75, 3.05) is 0 Å². The number of alkyl halides is 5. The van der Waals surface area contributed by atoms with Crippen molar-refractivity contribution in [3.63, 3.8) is 0 Å². The van der Waals surface area contributed by atoms with Gasteiger partial charge in [0.1, 0.15) is 0 Å². The number of hydrogen-bond donors (Lipinski definition) is 1. The van der Waals surface area contributed by atoms with Crippen LogP contribution >= 0.6 is 0 Å². The molecule has 1 aromatic carbocycles. The van der Waals surface area contributed by atoms with E-state index in [1.807, 2.05) is 0 Å². The minimum Gasteiger partial charge on any atom is -0.477 e. The molecule has 0 radical (unpaired) electrons. The normalized spacial score (nSPS) is 13.6.